The monoisotopic (exact) mass is 325 g/mol. The van der Waals surface area contributed by atoms with E-state index in [4.69, 9.17) is 0 Å². The quantitative estimate of drug-likeness (QED) is 0.778. The number of rotatable bonds is 5. The lowest BCUT2D eigenvalue weighted by Crippen LogP contribution is -2.28. The van der Waals surface area contributed by atoms with Crippen molar-refractivity contribution < 1.29 is 18.0 Å². The van der Waals surface area contributed by atoms with E-state index in [2.05, 4.69) is 0 Å². The Morgan fingerprint density at radius 1 is 1.09 bits per heavy atom. The minimum absolute atomic E-state index is 0.0305. The summed E-state index contributed by atoms with van der Waals surface area (Å²) in [4.78, 5) is 13.7. The molecule has 0 bridgehead atoms. The molecule has 0 N–H and O–H groups in total. The molecule has 0 aromatic heterocycles. The van der Waals surface area contributed by atoms with Crippen LogP contribution in [0, 0.1) is 17.5 Å². The van der Waals surface area contributed by atoms with Crippen LogP contribution in [0.2, 0.25) is 0 Å². The normalized spacial score (nSPS) is 10.5. The van der Waals surface area contributed by atoms with Crippen LogP contribution < -0.4 is 0 Å². The Hall–Kier alpha value is -1.95. The number of halogens is 3. The number of hydrogen-bond acceptors (Lipinski definition) is 2. The minimum Gasteiger partial charge on any atom is -0.341 e. The van der Waals surface area contributed by atoms with Crippen molar-refractivity contribution >= 4 is 17.7 Å². The zero-order chi connectivity index (χ0) is 16.1. The van der Waals surface area contributed by atoms with Crippen molar-refractivity contribution in [3.05, 3.63) is 65.5 Å². The highest BCUT2D eigenvalue weighted by Gasteiger charge is 2.13. The predicted molar refractivity (Wildman–Crippen MR) is 80.0 cm³/mol. The van der Waals surface area contributed by atoms with E-state index in [1.807, 2.05) is 0 Å². The van der Waals surface area contributed by atoms with Crippen molar-refractivity contribution in [3.63, 3.8) is 0 Å². The summed E-state index contributed by atoms with van der Waals surface area (Å²) >= 11 is 1.08. The fourth-order valence-electron chi connectivity index (χ4n) is 1.81. The van der Waals surface area contributed by atoms with Crippen LogP contribution in [-0.2, 0) is 11.3 Å². The summed E-state index contributed by atoms with van der Waals surface area (Å²) in [6.45, 7) is 0.0305. The van der Waals surface area contributed by atoms with Crippen molar-refractivity contribution in [3.8, 4) is 0 Å². The van der Waals surface area contributed by atoms with Gasteiger partial charge in [0.2, 0.25) is 5.91 Å². The number of benzene rings is 2. The molecule has 1 amide bonds. The maximum absolute atomic E-state index is 13.5. The van der Waals surface area contributed by atoms with Crippen LogP contribution in [0.3, 0.4) is 0 Å². The van der Waals surface area contributed by atoms with Crippen LogP contribution in [0.4, 0.5) is 13.2 Å². The number of carbonyl (C=O) groups excluding carboxylic acids is 1. The molecule has 6 heteroatoms. The van der Waals surface area contributed by atoms with Crippen LogP contribution in [0.5, 0.6) is 0 Å². The summed E-state index contributed by atoms with van der Waals surface area (Å²) in [5.41, 5.74) is 0.230. The lowest BCUT2D eigenvalue weighted by molar-refractivity contribution is -0.127. The summed E-state index contributed by atoms with van der Waals surface area (Å²) in [5.74, 6) is -1.96. The van der Waals surface area contributed by atoms with Crippen LogP contribution in [0.25, 0.3) is 0 Å². The summed E-state index contributed by atoms with van der Waals surface area (Å²) in [6, 6.07) is 9.40. The van der Waals surface area contributed by atoms with E-state index in [9.17, 15) is 18.0 Å². The Morgan fingerprint density at radius 3 is 2.50 bits per heavy atom. The fraction of sp³-hybridized carbons (Fsp3) is 0.188. The van der Waals surface area contributed by atoms with E-state index >= 15 is 0 Å². The van der Waals surface area contributed by atoms with Gasteiger partial charge in [0.1, 0.15) is 17.5 Å². The summed E-state index contributed by atoms with van der Waals surface area (Å²) in [5, 5.41) is 0. The molecule has 2 rings (SSSR count). The smallest absolute Gasteiger partial charge is 0.232 e. The Bertz CT molecular complexity index is 678. The number of amides is 1. The Morgan fingerprint density at radius 2 is 1.82 bits per heavy atom. The van der Waals surface area contributed by atoms with Gasteiger partial charge in [-0.3, -0.25) is 4.79 Å². The Labute approximate surface area is 130 Å². The highest BCUT2D eigenvalue weighted by atomic mass is 32.2. The molecule has 116 valence electrons. The third-order valence-electron chi connectivity index (χ3n) is 3.04. The van der Waals surface area contributed by atoms with Crippen molar-refractivity contribution in [1.82, 2.24) is 4.90 Å². The van der Waals surface area contributed by atoms with Gasteiger partial charge in [-0.2, -0.15) is 0 Å². The van der Waals surface area contributed by atoms with Gasteiger partial charge in [0, 0.05) is 30.1 Å². The largest absolute Gasteiger partial charge is 0.341 e. The predicted octanol–water partition coefficient (Wildman–Crippen LogP) is 3.85. The van der Waals surface area contributed by atoms with Crippen molar-refractivity contribution in [2.75, 3.05) is 12.8 Å². The van der Waals surface area contributed by atoms with E-state index in [0.717, 1.165) is 23.9 Å². The molecule has 0 atom stereocenters. The maximum Gasteiger partial charge on any atom is 0.232 e. The highest BCUT2D eigenvalue weighted by molar-refractivity contribution is 8.00. The van der Waals surface area contributed by atoms with Gasteiger partial charge in [-0.05, 0) is 18.2 Å². The molecule has 2 aromatic carbocycles. The SMILES string of the molecule is CN(Cc1ccc(F)cc1F)C(=O)CSc1ccccc1F. The van der Waals surface area contributed by atoms with E-state index in [-0.39, 0.29) is 29.6 Å². The molecule has 2 nitrogen and oxygen atoms in total. The van der Waals surface area contributed by atoms with Gasteiger partial charge < -0.3 is 4.90 Å². The van der Waals surface area contributed by atoms with Crippen molar-refractivity contribution in [2.24, 2.45) is 0 Å². The molecule has 0 aliphatic heterocycles. The second-order valence-corrected chi connectivity index (χ2v) is 5.72. The molecule has 0 heterocycles. The molecule has 0 spiro atoms. The zero-order valence-electron chi connectivity index (χ0n) is 11.9. The molecule has 22 heavy (non-hydrogen) atoms. The van der Waals surface area contributed by atoms with Crippen LogP contribution in [-0.4, -0.2) is 23.6 Å². The molecular formula is C16H14F3NOS. The summed E-state index contributed by atoms with van der Waals surface area (Å²) in [6.07, 6.45) is 0. The van der Waals surface area contributed by atoms with Crippen LogP contribution >= 0.6 is 11.8 Å². The number of nitrogens with zero attached hydrogens (tertiary/aromatic N) is 1. The summed E-state index contributed by atoms with van der Waals surface area (Å²) < 4.78 is 39.8. The number of carbonyl (C=O) groups is 1. The van der Waals surface area contributed by atoms with Crippen LogP contribution in [0.1, 0.15) is 5.56 Å². The van der Waals surface area contributed by atoms with E-state index in [1.165, 1.54) is 24.1 Å². The fourth-order valence-corrected chi connectivity index (χ4v) is 2.69. The molecule has 0 aliphatic carbocycles. The van der Waals surface area contributed by atoms with Crippen molar-refractivity contribution in [2.45, 2.75) is 11.4 Å². The lowest BCUT2D eigenvalue weighted by Gasteiger charge is -2.17. The number of thioether (sulfide) groups is 1. The van der Waals surface area contributed by atoms with Gasteiger partial charge in [0.25, 0.3) is 0 Å². The number of hydrogen-bond donors (Lipinski definition) is 0. The third-order valence-corrected chi connectivity index (χ3v) is 4.07. The first kappa shape index (κ1) is 16.4. The Balaban J connectivity index is 1.93. The van der Waals surface area contributed by atoms with Gasteiger partial charge in [0.15, 0.2) is 0 Å². The van der Waals surface area contributed by atoms with Gasteiger partial charge >= 0.3 is 0 Å². The minimum atomic E-state index is -0.693. The van der Waals surface area contributed by atoms with E-state index < -0.39 is 11.6 Å². The first-order chi connectivity index (χ1) is 10.5. The van der Waals surface area contributed by atoms with Gasteiger partial charge in [-0.1, -0.05) is 18.2 Å². The second kappa shape index (κ2) is 7.35. The average molecular weight is 325 g/mol. The topological polar surface area (TPSA) is 20.3 Å². The van der Waals surface area contributed by atoms with E-state index in [0.29, 0.717) is 4.90 Å². The summed E-state index contributed by atoms with van der Waals surface area (Å²) in [7, 11) is 1.52. The first-order valence-corrected chi connectivity index (χ1v) is 7.51. The standard InChI is InChI=1S/C16H14F3NOS/c1-20(9-11-6-7-12(17)8-14(11)19)16(21)10-22-15-5-3-2-4-13(15)18/h2-8H,9-10H2,1H3. The molecule has 0 saturated heterocycles. The molecule has 0 fully saturated rings. The van der Waals surface area contributed by atoms with Crippen LogP contribution in [0.15, 0.2) is 47.4 Å². The molecule has 0 radical (unpaired) electrons. The third kappa shape index (κ3) is 4.27. The van der Waals surface area contributed by atoms with Gasteiger partial charge in [-0.15, -0.1) is 11.8 Å². The van der Waals surface area contributed by atoms with Crippen molar-refractivity contribution in [1.29, 1.82) is 0 Å². The molecule has 0 unspecified atom stereocenters. The average Bonchev–Trinajstić information content (AvgIpc) is 2.49. The van der Waals surface area contributed by atoms with E-state index in [1.54, 1.807) is 18.2 Å². The Kier molecular flexibility index (Phi) is 5.49. The molecule has 0 aliphatic rings. The van der Waals surface area contributed by atoms with Gasteiger partial charge in [-0.25, -0.2) is 13.2 Å². The highest BCUT2D eigenvalue weighted by Crippen LogP contribution is 2.21. The maximum atomic E-state index is 13.5. The lowest BCUT2D eigenvalue weighted by atomic mass is 10.2. The molecule has 2 aromatic rings. The second-order valence-electron chi connectivity index (χ2n) is 4.70. The zero-order valence-corrected chi connectivity index (χ0v) is 12.7. The van der Waals surface area contributed by atoms with Gasteiger partial charge in [0.05, 0.1) is 5.75 Å². The molecule has 0 saturated carbocycles. The first-order valence-electron chi connectivity index (χ1n) is 6.52. The molecular weight excluding hydrogens is 311 g/mol.